The van der Waals surface area contributed by atoms with Crippen LogP contribution in [-0.2, 0) is 0 Å². The molecular formula is C72H49N3Si. The maximum atomic E-state index is 2.55. The van der Waals surface area contributed by atoms with Gasteiger partial charge in [0.25, 0.3) is 0 Å². The molecule has 0 aliphatic heterocycles. The molecule has 0 amide bonds. The standard InChI is InChI=1S/C72H49N3Si/c1-5-22-50(23-6-1)52-26-21-31-59(46-52)76(57-27-9-3-10-28-57,58-29-11-4-12-30-58)60-41-43-66-64-35-16-20-39-70(64)75(72(66)49-60)56-45-53(51-24-7-2-8-25-51)44-55(47-56)74-69-38-19-15-34-63(69)65-42-40-54(48-71(65)74)73-67-36-17-13-32-61(67)62-33-14-18-37-68(62)73/h1-49H. The van der Waals surface area contributed by atoms with Crippen molar-refractivity contribution in [2.45, 2.75) is 0 Å². The highest BCUT2D eigenvalue weighted by Gasteiger charge is 2.42. The predicted molar refractivity (Wildman–Crippen MR) is 324 cm³/mol. The van der Waals surface area contributed by atoms with E-state index in [1.807, 2.05) is 0 Å². The van der Waals surface area contributed by atoms with Crippen molar-refractivity contribution >= 4 is 94.2 Å². The summed E-state index contributed by atoms with van der Waals surface area (Å²) in [6.07, 6.45) is 0. The molecule has 0 fully saturated rings. The van der Waals surface area contributed by atoms with E-state index in [0.717, 1.165) is 39.2 Å². The molecule has 356 valence electrons. The zero-order chi connectivity index (χ0) is 50.2. The van der Waals surface area contributed by atoms with E-state index in [2.05, 4.69) is 311 Å². The van der Waals surface area contributed by atoms with E-state index < -0.39 is 8.07 Å². The second kappa shape index (κ2) is 17.7. The minimum atomic E-state index is -3.02. The zero-order valence-corrected chi connectivity index (χ0v) is 42.6. The van der Waals surface area contributed by atoms with Crippen LogP contribution in [0, 0.1) is 0 Å². The van der Waals surface area contributed by atoms with E-state index in [-0.39, 0.29) is 0 Å². The molecule has 0 aliphatic rings. The van der Waals surface area contributed by atoms with Crippen LogP contribution in [-0.4, -0.2) is 21.8 Å². The first-order valence-corrected chi connectivity index (χ1v) is 28.2. The quantitative estimate of drug-likeness (QED) is 0.101. The number of rotatable bonds is 9. The molecule has 0 bridgehead atoms. The minimum absolute atomic E-state index is 1.10. The van der Waals surface area contributed by atoms with Crippen LogP contribution in [0.3, 0.4) is 0 Å². The monoisotopic (exact) mass is 983 g/mol. The minimum Gasteiger partial charge on any atom is -0.309 e. The SMILES string of the molecule is c1ccc(-c2cc(-n3c4ccccc4c4ccc(-n5c6ccccc6c6ccccc65)cc43)cc(-n3c4ccccc4c4ccc([Si](c5ccccc5)(c5ccccc5)c5cccc(-c6ccccc6)c5)cc43)c2)cc1. The Morgan fingerprint density at radius 1 is 0.184 bits per heavy atom. The molecule has 0 radical (unpaired) electrons. The molecule has 3 heterocycles. The maximum absolute atomic E-state index is 3.02. The number of fused-ring (bicyclic) bond motifs is 9. The Hall–Kier alpha value is -9.74. The summed E-state index contributed by atoms with van der Waals surface area (Å²) in [6.45, 7) is 0. The largest absolute Gasteiger partial charge is 0.309 e. The van der Waals surface area contributed by atoms with E-state index in [1.165, 1.54) is 86.3 Å². The Morgan fingerprint density at radius 3 is 1.04 bits per heavy atom. The first kappa shape index (κ1) is 43.8. The lowest BCUT2D eigenvalue weighted by molar-refractivity contribution is 1.13. The van der Waals surface area contributed by atoms with Gasteiger partial charge in [-0.3, -0.25) is 0 Å². The van der Waals surface area contributed by atoms with E-state index in [1.54, 1.807) is 0 Å². The van der Waals surface area contributed by atoms with E-state index in [0.29, 0.717) is 0 Å². The van der Waals surface area contributed by atoms with Gasteiger partial charge in [-0.25, -0.2) is 0 Å². The lowest BCUT2D eigenvalue weighted by Gasteiger charge is -2.35. The molecule has 76 heavy (non-hydrogen) atoms. The highest BCUT2D eigenvalue weighted by Crippen LogP contribution is 2.40. The Bertz CT molecular complexity index is 4590. The number of nitrogens with zero attached hydrogens (tertiary/aromatic N) is 3. The van der Waals surface area contributed by atoms with Gasteiger partial charge in [0.1, 0.15) is 0 Å². The molecule has 0 atom stereocenters. The van der Waals surface area contributed by atoms with E-state index >= 15 is 0 Å². The average Bonchev–Trinajstić information content (AvgIpc) is 4.21. The fraction of sp³-hybridized carbons (Fsp3) is 0. The lowest BCUT2D eigenvalue weighted by Crippen LogP contribution is -2.74. The van der Waals surface area contributed by atoms with Crippen LogP contribution in [0.2, 0.25) is 0 Å². The van der Waals surface area contributed by atoms with Crippen molar-refractivity contribution in [1.82, 2.24) is 13.7 Å². The van der Waals surface area contributed by atoms with Gasteiger partial charge in [-0.1, -0.05) is 237 Å². The average molecular weight is 984 g/mol. The van der Waals surface area contributed by atoms with Crippen molar-refractivity contribution in [3.05, 3.63) is 297 Å². The van der Waals surface area contributed by atoms with Crippen LogP contribution < -0.4 is 20.7 Å². The molecular weight excluding hydrogens is 935 g/mol. The lowest BCUT2D eigenvalue weighted by atomic mass is 10.0. The Labute approximate surface area is 442 Å². The molecule has 12 aromatic carbocycles. The third-order valence-electron chi connectivity index (χ3n) is 15.9. The Balaban J connectivity index is 1.02. The highest BCUT2D eigenvalue weighted by molar-refractivity contribution is 7.20. The first-order valence-electron chi connectivity index (χ1n) is 26.2. The van der Waals surface area contributed by atoms with Crippen molar-refractivity contribution in [3.63, 3.8) is 0 Å². The van der Waals surface area contributed by atoms with Gasteiger partial charge >= 0.3 is 0 Å². The zero-order valence-electron chi connectivity index (χ0n) is 41.6. The summed E-state index contributed by atoms with van der Waals surface area (Å²) >= 11 is 0. The first-order chi connectivity index (χ1) is 37.7. The fourth-order valence-electron chi connectivity index (χ4n) is 12.6. The summed E-state index contributed by atoms with van der Waals surface area (Å²) in [6, 6.07) is 111. The third-order valence-corrected chi connectivity index (χ3v) is 20.7. The van der Waals surface area contributed by atoms with Crippen LogP contribution in [0.25, 0.3) is 105 Å². The van der Waals surface area contributed by atoms with Crippen LogP contribution in [0.1, 0.15) is 0 Å². The molecule has 3 nitrogen and oxygen atoms in total. The van der Waals surface area contributed by atoms with Crippen molar-refractivity contribution in [3.8, 4) is 39.3 Å². The number of hydrogen-bond acceptors (Lipinski definition) is 0. The molecule has 4 heteroatoms. The number of benzene rings is 12. The number of hydrogen-bond donors (Lipinski definition) is 0. The van der Waals surface area contributed by atoms with Crippen LogP contribution in [0.4, 0.5) is 0 Å². The van der Waals surface area contributed by atoms with Gasteiger partial charge in [-0.2, -0.15) is 0 Å². The van der Waals surface area contributed by atoms with Gasteiger partial charge in [0.15, 0.2) is 8.07 Å². The van der Waals surface area contributed by atoms with Crippen molar-refractivity contribution in [1.29, 1.82) is 0 Å². The van der Waals surface area contributed by atoms with Gasteiger partial charge < -0.3 is 13.7 Å². The molecule has 15 rings (SSSR count). The predicted octanol–water partition coefficient (Wildman–Crippen LogP) is 15.7. The van der Waals surface area contributed by atoms with Crippen molar-refractivity contribution < 1.29 is 0 Å². The normalized spacial score (nSPS) is 11.9. The molecule has 0 spiro atoms. The van der Waals surface area contributed by atoms with Gasteiger partial charge in [0, 0.05) is 49.4 Å². The molecule has 0 saturated heterocycles. The van der Waals surface area contributed by atoms with Gasteiger partial charge in [-0.15, -0.1) is 0 Å². The smallest absolute Gasteiger partial charge is 0.179 e. The molecule has 0 unspecified atom stereocenters. The number of aromatic nitrogens is 3. The summed E-state index contributed by atoms with van der Waals surface area (Å²) in [7, 11) is -3.02. The summed E-state index contributed by atoms with van der Waals surface area (Å²) in [5, 5.41) is 12.7. The number of para-hydroxylation sites is 4. The van der Waals surface area contributed by atoms with Gasteiger partial charge in [0.05, 0.1) is 33.1 Å². The van der Waals surface area contributed by atoms with Crippen molar-refractivity contribution in [2.24, 2.45) is 0 Å². The fourth-order valence-corrected chi connectivity index (χ4v) is 17.4. The molecule has 0 N–H and O–H groups in total. The highest BCUT2D eigenvalue weighted by atomic mass is 28.3. The molecule has 15 aromatic rings. The van der Waals surface area contributed by atoms with Crippen LogP contribution in [0.5, 0.6) is 0 Å². The maximum Gasteiger partial charge on any atom is 0.179 e. The second-order valence-electron chi connectivity index (χ2n) is 20.0. The van der Waals surface area contributed by atoms with Crippen LogP contribution >= 0.6 is 0 Å². The molecule has 3 aromatic heterocycles. The van der Waals surface area contributed by atoms with Gasteiger partial charge in [-0.05, 0) is 104 Å². The van der Waals surface area contributed by atoms with Gasteiger partial charge in [0.2, 0.25) is 0 Å². The summed E-state index contributed by atoms with van der Waals surface area (Å²) in [4.78, 5) is 0. The third kappa shape index (κ3) is 6.81. The Morgan fingerprint density at radius 2 is 0.539 bits per heavy atom. The molecule has 0 aliphatic carbocycles. The van der Waals surface area contributed by atoms with Crippen molar-refractivity contribution in [2.75, 3.05) is 0 Å². The molecule has 0 saturated carbocycles. The van der Waals surface area contributed by atoms with Crippen LogP contribution in [0.15, 0.2) is 297 Å². The second-order valence-corrected chi connectivity index (χ2v) is 23.9. The van der Waals surface area contributed by atoms with E-state index in [9.17, 15) is 0 Å². The topological polar surface area (TPSA) is 14.8 Å². The Kier molecular flexibility index (Phi) is 10.2. The summed E-state index contributed by atoms with van der Waals surface area (Å²) in [5.74, 6) is 0. The van der Waals surface area contributed by atoms with E-state index in [4.69, 9.17) is 0 Å². The summed E-state index contributed by atoms with van der Waals surface area (Å²) in [5.41, 5.74) is 15.1. The summed E-state index contributed by atoms with van der Waals surface area (Å²) < 4.78 is 7.47.